The maximum absolute atomic E-state index is 11.2. The van der Waals surface area contributed by atoms with Crippen molar-refractivity contribution in [2.75, 3.05) is 13.1 Å². The first-order valence-corrected chi connectivity index (χ1v) is 11.1. The molecule has 1 aromatic rings. The first kappa shape index (κ1) is 20.6. The molecule has 2 aliphatic carbocycles. The molecule has 3 rings (SSSR count). The highest BCUT2D eigenvalue weighted by atomic mass is 16.1. The van der Waals surface area contributed by atoms with Gasteiger partial charge in [-0.2, -0.15) is 0 Å². The van der Waals surface area contributed by atoms with Crippen molar-refractivity contribution in [2.24, 2.45) is 11.3 Å². The zero-order valence-electron chi connectivity index (χ0n) is 18.2. The molecule has 2 heteroatoms. The van der Waals surface area contributed by atoms with Crippen LogP contribution in [0.3, 0.4) is 0 Å². The van der Waals surface area contributed by atoms with E-state index in [1.165, 1.54) is 37.7 Å². The van der Waals surface area contributed by atoms with Gasteiger partial charge in [0.2, 0.25) is 0 Å². The van der Waals surface area contributed by atoms with E-state index in [0.29, 0.717) is 29.0 Å². The van der Waals surface area contributed by atoms with Gasteiger partial charge < -0.3 is 10.1 Å². The number of benzene rings is 1. The van der Waals surface area contributed by atoms with E-state index < -0.39 is 0 Å². The Kier molecular flexibility index (Phi) is 6.15. The van der Waals surface area contributed by atoms with Crippen molar-refractivity contribution in [3.8, 4) is 0 Å². The number of carbonyl (C=O) groups excluding carboxylic acids is 1. The molecule has 0 spiro atoms. The molecular formula is C25H39NO. The van der Waals surface area contributed by atoms with Gasteiger partial charge in [0.05, 0.1) is 0 Å². The van der Waals surface area contributed by atoms with Gasteiger partial charge in [0.1, 0.15) is 5.78 Å². The van der Waals surface area contributed by atoms with Crippen molar-refractivity contribution >= 4 is 5.78 Å². The van der Waals surface area contributed by atoms with E-state index >= 15 is 0 Å². The average molecular weight is 370 g/mol. The molecule has 0 radical (unpaired) electrons. The molecule has 2 nitrogen and oxygen atoms in total. The van der Waals surface area contributed by atoms with Crippen LogP contribution in [-0.4, -0.2) is 18.9 Å². The minimum Gasteiger partial charge on any atom is -0.316 e. The van der Waals surface area contributed by atoms with Gasteiger partial charge in [-0.25, -0.2) is 0 Å². The Bertz CT molecular complexity index is 679. The van der Waals surface area contributed by atoms with E-state index in [1.807, 2.05) is 0 Å². The highest BCUT2D eigenvalue weighted by Crippen LogP contribution is 2.57. The quantitative estimate of drug-likeness (QED) is 0.617. The molecule has 0 aliphatic heterocycles. The van der Waals surface area contributed by atoms with E-state index in [4.69, 9.17) is 0 Å². The molecule has 1 saturated carbocycles. The third kappa shape index (κ3) is 4.16. The van der Waals surface area contributed by atoms with Crippen molar-refractivity contribution in [1.29, 1.82) is 0 Å². The zero-order valence-corrected chi connectivity index (χ0v) is 18.2. The Morgan fingerprint density at radius 3 is 2.74 bits per heavy atom. The van der Waals surface area contributed by atoms with Gasteiger partial charge in [0.15, 0.2) is 0 Å². The number of carbonyl (C=O) groups is 1. The maximum Gasteiger partial charge on any atom is 0.129 e. The van der Waals surface area contributed by atoms with Gasteiger partial charge in [-0.15, -0.1) is 0 Å². The van der Waals surface area contributed by atoms with Crippen LogP contribution in [0.25, 0.3) is 0 Å². The monoisotopic (exact) mass is 369 g/mol. The minimum absolute atomic E-state index is 0.304. The fourth-order valence-corrected chi connectivity index (χ4v) is 6.05. The highest BCUT2D eigenvalue weighted by molar-refractivity contribution is 5.75. The summed E-state index contributed by atoms with van der Waals surface area (Å²) in [5.41, 5.74) is 5.40. The second kappa shape index (κ2) is 8.07. The van der Waals surface area contributed by atoms with Crippen LogP contribution in [0.4, 0.5) is 0 Å². The number of nitrogens with one attached hydrogen (secondary N) is 1. The molecule has 0 bridgehead atoms. The summed E-state index contributed by atoms with van der Waals surface area (Å²) in [5, 5.41) is 3.70. The van der Waals surface area contributed by atoms with Gasteiger partial charge in [0, 0.05) is 13.0 Å². The van der Waals surface area contributed by atoms with Gasteiger partial charge in [0.25, 0.3) is 0 Å². The molecule has 0 heterocycles. The summed E-state index contributed by atoms with van der Waals surface area (Å²) in [6.45, 7) is 13.4. The molecule has 1 fully saturated rings. The molecule has 1 N–H and O–H groups in total. The lowest BCUT2D eigenvalue weighted by atomic mass is 9.49. The van der Waals surface area contributed by atoms with E-state index in [2.05, 4.69) is 51.2 Å². The number of Topliss-reactive ketones (excluding diaryl/α,β-unsaturated/α-hetero) is 1. The number of fused-ring (bicyclic) bond motifs is 3. The van der Waals surface area contributed by atoms with Crippen LogP contribution in [-0.2, 0) is 16.6 Å². The van der Waals surface area contributed by atoms with Crippen LogP contribution in [0.2, 0.25) is 0 Å². The van der Waals surface area contributed by atoms with E-state index in [0.717, 1.165) is 25.4 Å². The summed E-state index contributed by atoms with van der Waals surface area (Å²) in [6, 6.07) is 7.33. The van der Waals surface area contributed by atoms with Gasteiger partial charge in [-0.3, -0.25) is 0 Å². The molecule has 0 saturated heterocycles. The lowest BCUT2D eigenvalue weighted by Gasteiger charge is -2.55. The van der Waals surface area contributed by atoms with Crippen LogP contribution < -0.4 is 5.32 Å². The fraction of sp³-hybridized carbons (Fsp3) is 0.720. The van der Waals surface area contributed by atoms with Crippen LogP contribution in [0.5, 0.6) is 0 Å². The third-order valence-corrected chi connectivity index (χ3v) is 7.58. The largest absolute Gasteiger partial charge is 0.316 e. The molecule has 0 aromatic heterocycles. The maximum atomic E-state index is 11.2. The molecule has 27 heavy (non-hydrogen) atoms. The molecule has 3 atom stereocenters. The summed E-state index contributed by atoms with van der Waals surface area (Å²) < 4.78 is 0. The first-order chi connectivity index (χ1) is 12.8. The highest BCUT2D eigenvalue weighted by Gasteiger charge is 2.51. The summed E-state index contributed by atoms with van der Waals surface area (Å²) in [5.74, 6) is 1.66. The predicted octanol–water partition coefficient (Wildman–Crippen LogP) is 5.78. The smallest absolute Gasteiger partial charge is 0.129 e. The lowest BCUT2D eigenvalue weighted by molar-refractivity contribution is -0.117. The van der Waals surface area contributed by atoms with Crippen LogP contribution >= 0.6 is 0 Å². The fourth-order valence-electron chi connectivity index (χ4n) is 6.05. The molecule has 0 amide bonds. The van der Waals surface area contributed by atoms with Crippen LogP contribution in [0.15, 0.2) is 18.2 Å². The Morgan fingerprint density at radius 2 is 2.04 bits per heavy atom. The Balaban J connectivity index is 1.75. The molecule has 150 valence electrons. The van der Waals surface area contributed by atoms with Crippen LogP contribution in [0.1, 0.15) is 95.8 Å². The van der Waals surface area contributed by atoms with E-state index in [-0.39, 0.29) is 0 Å². The number of hydrogen-bond donors (Lipinski definition) is 1. The lowest BCUT2D eigenvalue weighted by Crippen LogP contribution is -2.52. The van der Waals surface area contributed by atoms with Gasteiger partial charge in [-0.05, 0) is 84.9 Å². The van der Waals surface area contributed by atoms with Crippen molar-refractivity contribution in [3.05, 3.63) is 34.9 Å². The number of hydrogen-bond acceptors (Lipinski definition) is 2. The summed E-state index contributed by atoms with van der Waals surface area (Å²) in [4.78, 5) is 11.2. The Morgan fingerprint density at radius 1 is 1.26 bits per heavy atom. The minimum atomic E-state index is 0.304. The first-order valence-electron chi connectivity index (χ1n) is 11.1. The number of ketones is 1. The average Bonchev–Trinajstić information content (AvgIpc) is 2.60. The van der Waals surface area contributed by atoms with Crippen molar-refractivity contribution in [3.63, 3.8) is 0 Å². The molecule has 1 aromatic carbocycles. The molecular weight excluding hydrogens is 330 g/mol. The van der Waals surface area contributed by atoms with Crippen molar-refractivity contribution in [1.82, 2.24) is 5.32 Å². The van der Waals surface area contributed by atoms with E-state index in [9.17, 15) is 4.79 Å². The summed E-state index contributed by atoms with van der Waals surface area (Å²) >= 11 is 0. The zero-order chi connectivity index (χ0) is 19.7. The van der Waals surface area contributed by atoms with E-state index in [1.54, 1.807) is 18.1 Å². The normalized spacial score (nSPS) is 30.1. The second-order valence-electron chi connectivity index (χ2n) is 10.1. The molecule has 2 aliphatic rings. The summed E-state index contributed by atoms with van der Waals surface area (Å²) in [7, 11) is 0. The second-order valence-corrected chi connectivity index (χ2v) is 10.1. The predicted molar refractivity (Wildman–Crippen MR) is 114 cm³/mol. The Hall–Kier alpha value is -1.15. The SMILES string of the molecule is CC(=O)CCCNCC1(C)CCCC2(C)c3ccc(C(C)C)cc3CCC12. The topological polar surface area (TPSA) is 29.1 Å². The van der Waals surface area contributed by atoms with Crippen molar-refractivity contribution < 1.29 is 4.79 Å². The molecule has 3 unspecified atom stereocenters. The summed E-state index contributed by atoms with van der Waals surface area (Å²) in [6.07, 6.45) is 8.19. The third-order valence-electron chi connectivity index (χ3n) is 7.58. The van der Waals surface area contributed by atoms with Crippen LogP contribution in [0, 0.1) is 11.3 Å². The number of aryl methyl sites for hydroxylation is 1. The van der Waals surface area contributed by atoms with Gasteiger partial charge >= 0.3 is 0 Å². The van der Waals surface area contributed by atoms with Crippen molar-refractivity contribution in [2.45, 2.75) is 90.9 Å². The number of rotatable bonds is 7. The van der Waals surface area contributed by atoms with Gasteiger partial charge in [-0.1, -0.05) is 52.3 Å². The Labute approximate surface area is 166 Å². The standard InChI is InChI=1S/C25H39NO/c1-18(2)20-9-11-22-21(16-20)10-12-23-24(4,13-7-14-25(22,23)5)17-26-15-6-8-19(3)27/h9,11,16,18,23,26H,6-8,10,12-15,17H2,1-5H3.